The number of hydrogen-bond donors (Lipinski definition) is 2. The summed E-state index contributed by atoms with van der Waals surface area (Å²) in [7, 11) is 0. The Bertz CT molecular complexity index is 701. The molecule has 1 fully saturated rings. The number of likely N-dealkylation sites (tertiary alicyclic amines) is 1. The molecule has 2 unspecified atom stereocenters. The molecule has 1 saturated heterocycles. The second-order valence-electron chi connectivity index (χ2n) is 7.03. The molecule has 1 aromatic heterocycles. The predicted molar refractivity (Wildman–Crippen MR) is 104 cm³/mol. The summed E-state index contributed by atoms with van der Waals surface area (Å²) >= 11 is 0. The Balaban J connectivity index is 1.71. The van der Waals surface area contributed by atoms with Crippen LogP contribution in [0.15, 0.2) is 48.8 Å². The van der Waals surface area contributed by atoms with E-state index < -0.39 is 0 Å². The average molecular weight is 353 g/mol. The predicted octanol–water partition coefficient (Wildman–Crippen LogP) is 3.98. The van der Waals surface area contributed by atoms with E-state index in [-0.39, 0.29) is 18.1 Å². The van der Waals surface area contributed by atoms with Crippen molar-refractivity contribution in [1.82, 2.24) is 9.88 Å². The molecule has 2 N–H and O–H groups in total. The lowest BCUT2D eigenvalue weighted by Crippen LogP contribution is -2.41. The van der Waals surface area contributed by atoms with Crippen molar-refractivity contribution in [2.45, 2.75) is 51.2 Å². The number of hydrogen-bond acceptors (Lipinski definition) is 4. The highest BCUT2D eigenvalue weighted by Crippen LogP contribution is 2.24. The van der Waals surface area contributed by atoms with Gasteiger partial charge in [-0.25, -0.2) is 0 Å². The number of benzene rings is 1. The van der Waals surface area contributed by atoms with Crippen molar-refractivity contribution in [3.8, 4) is 0 Å². The summed E-state index contributed by atoms with van der Waals surface area (Å²) in [5, 5.41) is 13.1. The summed E-state index contributed by atoms with van der Waals surface area (Å²) in [6.45, 7) is 2.57. The van der Waals surface area contributed by atoms with Crippen molar-refractivity contribution in [1.29, 1.82) is 0 Å². The van der Waals surface area contributed by atoms with E-state index in [1.165, 1.54) is 0 Å². The van der Waals surface area contributed by atoms with Gasteiger partial charge in [0.1, 0.15) is 0 Å². The number of aromatic nitrogens is 1. The van der Waals surface area contributed by atoms with Crippen LogP contribution in [0.1, 0.15) is 49.4 Å². The number of amides is 1. The Morgan fingerprint density at radius 1 is 1.23 bits per heavy atom. The van der Waals surface area contributed by atoms with Crippen molar-refractivity contribution < 1.29 is 9.90 Å². The first kappa shape index (κ1) is 18.4. The number of aliphatic hydroxyl groups excluding tert-OH is 1. The van der Waals surface area contributed by atoms with E-state index in [1.807, 2.05) is 41.3 Å². The largest absolute Gasteiger partial charge is 0.393 e. The van der Waals surface area contributed by atoms with Crippen molar-refractivity contribution in [3.63, 3.8) is 0 Å². The SMILES string of the molecule is CC(O)CC1CCCCCN1C(=O)c1ccc(Nc2cccnc2)cc1. The summed E-state index contributed by atoms with van der Waals surface area (Å²) in [5.41, 5.74) is 2.53. The zero-order valence-corrected chi connectivity index (χ0v) is 15.3. The minimum Gasteiger partial charge on any atom is -0.393 e. The van der Waals surface area contributed by atoms with Gasteiger partial charge >= 0.3 is 0 Å². The van der Waals surface area contributed by atoms with Crippen LogP contribution >= 0.6 is 0 Å². The second kappa shape index (κ2) is 8.81. The number of aliphatic hydroxyl groups is 1. The molecule has 0 saturated carbocycles. The summed E-state index contributed by atoms with van der Waals surface area (Å²) in [6.07, 6.45) is 8.02. The van der Waals surface area contributed by atoms with Gasteiger partial charge in [-0.15, -0.1) is 0 Å². The molecule has 0 spiro atoms. The van der Waals surface area contributed by atoms with Crippen LogP contribution in [-0.2, 0) is 0 Å². The Hall–Kier alpha value is -2.40. The van der Waals surface area contributed by atoms with Crippen molar-refractivity contribution in [2.24, 2.45) is 0 Å². The Kier molecular flexibility index (Phi) is 6.23. The molecule has 5 heteroatoms. The summed E-state index contributed by atoms with van der Waals surface area (Å²) in [6, 6.07) is 11.5. The zero-order chi connectivity index (χ0) is 18.4. The maximum atomic E-state index is 13.0. The van der Waals surface area contributed by atoms with Crippen LogP contribution in [-0.4, -0.2) is 39.6 Å². The monoisotopic (exact) mass is 353 g/mol. The molecule has 5 nitrogen and oxygen atoms in total. The minimum absolute atomic E-state index is 0.0606. The van der Waals surface area contributed by atoms with Gasteiger partial charge in [0.2, 0.25) is 0 Å². The number of carbonyl (C=O) groups is 1. The molecule has 2 aromatic rings. The first-order chi connectivity index (χ1) is 12.6. The highest BCUT2D eigenvalue weighted by Gasteiger charge is 2.27. The quantitative estimate of drug-likeness (QED) is 0.853. The van der Waals surface area contributed by atoms with E-state index in [4.69, 9.17) is 0 Å². The third-order valence-electron chi connectivity index (χ3n) is 4.83. The molecule has 2 heterocycles. The van der Waals surface area contributed by atoms with Gasteiger partial charge < -0.3 is 15.3 Å². The lowest BCUT2D eigenvalue weighted by Gasteiger charge is -2.31. The first-order valence-electron chi connectivity index (χ1n) is 9.39. The van der Waals surface area contributed by atoms with Crippen LogP contribution in [0.4, 0.5) is 11.4 Å². The fourth-order valence-corrected chi connectivity index (χ4v) is 3.55. The number of anilines is 2. The maximum Gasteiger partial charge on any atom is 0.254 e. The van der Waals surface area contributed by atoms with Crippen LogP contribution in [0.25, 0.3) is 0 Å². The number of nitrogens with one attached hydrogen (secondary N) is 1. The van der Waals surface area contributed by atoms with Gasteiger partial charge in [-0.05, 0) is 62.6 Å². The number of carbonyl (C=O) groups excluding carboxylic acids is 1. The summed E-state index contributed by atoms with van der Waals surface area (Å²) < 4.78 is 0. The van der Waals surface area contributed by atoms with Crippen molar-refractivity contribution in [2.75, 3.05) is 11.9 Å². The van der Waals surface area contributed by atoms with Gasteiger partial charge in [-0.3, -0.25) is 9.78 Å². The molecule has 3 rings (SSSR count). The molecule has 1 aliphatic rings. The summed E-state index contributed by atoms with van der Waals surface area (Å²) in [5.74, 6) is 0.0606. The standard InChI is InChI=1S/C21H27N3O2/c1-16(25)14-20-7-3-2-4-13-24(20)21(26)17-8-10-18(11-9-17)23-19-6-5-12-22-15-19/h5-6,8-12,15-16,20,23,25H,2-4,7,13-14H2,1H3. The van der Waals surface area contributed by atoms with E-state index in [0.717, 1.165) is 43.6 Å². The van der Waals surface area contributed by atoms with Crippen molar-refractivity contribution in [3.05, 3.63) is 54.4 Å². The molecular weight excluding hydrogens is 326 g/mol. The molecule has 138 valence electrons. The fraction of sp³-hybridized carbons (Fsp3) is 0.429. The van der Waals surface area contributed by atoms with E-state index in [2.05, 4.69) is 10.3 Å². The average Bonchev–Trinajstić information content (AvgIpc) is 2.87. The smallest absolute Gasteiger partial charge is 0.254 e. The zero-order valence-electron chi connectivity index (χ0n) is 15.3. The second-order valence-corrected chi connectivity index (χ2v) is 7.03. The molecule has 1 aromatic carbocycles. The van der Waals surface area contributed by atoms with Crippen LogP contribution in [0.5, 0.6) is 0 Å². The van der Waals surface area contributed by atoms with Crippen molar-refractivity contribution >= 4 is 17.3 Å². The van der Waals surface area contributed by atoms with Crippen LogP contribution in [0, 0.1) is 0 Å². The highest BCUT2D eigenvalue weighted by molar-refractivity contribution is 5.94. The molecule has 1 amide bonds. The normalized spacial score (nSPS) is 18.8. The third kappa shape index (κ3) is 4.82. The number of nitrogens with zero attached hydrogens (tertiary/aromatic N) is 2. The van der Waals surface area contributed by atoms with Gasteiger partial charge in [0, 0.05) is 30.0 Å². The molecular formula is C21H27N3O2. The van der Waals surface area contributed by atoms with E-state index >= 15 is 0 Å². The third-order valence-corrected chi connectivity index (χ3v) is 4.83. The van der Waals surface area contributed by atoms with E-state index in [1.54, 1.807) is 19.3 Å². The summed E-state index contributed by atoms with van der Waals surface area (Å²) in [4.78, 5) is 19.1. The van der Waals surface area contributed by atoms with E-state index in [0.29, 0.717) is 12.0 Å². The number of pyridine rings is 1. The fourth-order valence-electron chi connectivity index (χ4n) is 3.55. The lowest BCUT2D eigenvalue weighted by atomic mass is 10.0. The van der Waals surface area contributed by atoms with Gasteiger partial charge in [0.05, 0.1) is 18.0 Å². The van der Waals surface area contributed by atoms with Crippen LogP contribution in [0.3, 0.4) is 0 Å². The molecule has 26 heavy (non-hydrogen) atoms. The highest BCUT2D eigenvalue weighted by atomic mass is 16.3. The first-order valence-corrected chi connectivity index (χ1v) is 9.39. The number of rotatable bonds is 5. The topological polar surface area (TPSA) is 65.5 Å². The molecule has 0 radical (unpaired) electrons. The Labute approximate surface area is 155 Å². The Morgan fingerprint density at radius 3 is 2.73 bits per heavy atom. The van der Waals surface area contributed by atoms with Gasteiger partial charge in [-0.1, -0.05) is 12.8 Å². The minimum atomic E-state index is -0.389. The molecule has 0 aliphatic carbocycles. The Morgan fingerprint density at radius 2 is 2.04 bits per heavy atom. The molecule has 2 atom stereocenters. The van der Waals surface area contributed by atoms with Crippen LogP contribution in [0.2, 0.25) is 0 Å². The molecule has 0 bridgehead atoms. The maximum absolute atomic E-state index is 13.0. The van der Waals surface area contributed by atoms with Gasteiger partial charge in [-0.2, -0.15) is 0 Å². The van der Waals surface area contributed by atoms with Gasteiger partial charge in [0.25, 0.3) is 5.91 Å². The lowest BCUT2D eigenvalue weighted by molar-refractivity contribution is 0.0607. The van der Waals surface area contributed by atoms with Gasteiger partial charge in [0.15, 0.2) is 0 Å². The van der Waals surface area contributed by atoms with Crippen LogP contribution < -0.4 is 5.32 Å². The molecule has 1 aliphatic heterocycles. The van der Waals surface area contributed by atoms with E-state index in [9.17, 15) is 9.90 Å².